The fraction of sp³-hybridized carbons (Fsp3) is 0.481. The molecule has 3 atom stereocenters. The molecule has 2 heterocycles. The minimum absolute atomic E-state index is 0.0390. The number of benzene rings is 2. The number of nitro benzene ring substituents is 1. The zero-order valence-corrected chi connectivity index (χ0v) is 19.6. The Kier molecular flexibility index (Phi) is 6.11. The maximum Gasteiger partial charge on any atom is 0.294 e. The topological polar surface area (TPSA) is 83.8 Å². The highest BCUT2D eigenvalue weighted by molar-refractivity contribution is 6.22. The van der Waals surface area contributed by atoms with Crippen LogP contribution in [0.4, 0.5) is 17.1 Å². The number of rotatable bonds is 5. The number of imide groups is 1. The highest BCUT2D eigenvalue weighted by Crippen LogP contribution is 2.43. The second kappa shape index (κ2) is 9.20. The molecular formula is C27H31N3O4. The summed E-state index contributed by atoms with van der Waals surface area (Å²) in [6, 6.07) is 15.3. The molecule has 2 aliphatic heterocycles. The van der Waals surface area contributed by atoms with E-state index in [1.807, 2.05) is 6.07 Å². The van der Waals surface area contributed by atoms with Crippen LogP contribution in [0.25, 0.3) is 0 Å². The van der Waals surface area contributed by atoms with E-state index in [0.717, 1.165) is 38.8 Å². The fourth-order valence-electron chi connectivity index (χ4n) is 6.03. The molecule has 0 spiro atoms. The summed E-state index contributed by atoms with van der Waals surface area (Å²) >= 11 is 0. The highest BCUT2D eigenvalue weighted by Gasteiger charge is 2.50. The molecule has 2 aromatic rings. The Morgan fingerprint density at radius 3 is 2.35 bits per heavy atom. The average molecular weight is 462 g/mol. The van der Waals surface area contributed by atoms with Gasteiger partial charge in [0.2, 0.25) is 11.8 Å². The normalized spacial score (nSPS) is 25.5. The summed E-state index contributed by atoms with van der Waals surface area (Å²) in [7, 11) is 0. The third-order valence-electron chi connectivity index (χ3n) is 7.92. The Labute approximate surface area is 199 Å². The Hall–Kier alpha value is -3.22. The molecule has 7 nitrogen and oxygen atoms in total. The summed E-state index contributed by atoms with van der Waals surface area (Å²) in [5.74, 6) is -0.0114. The number of piperidine rings is 1. The lowest BCUT2D eigenvalue weighted by molar-refractivity contribution is -0.384. The third-order valence-corrected chi connectivity index (χ3v) is 7.92. The molecule has 0 radical (unpaired) electrons. The van der Waals surface area contributed by atoms with Crippen LogP contribution >= 0.6 is 0 Å². The molecule has 3 fully saturated rings. The summed E-state index contributed by atoms with van der Waals surface area (Å²) in [5.41, 5.74) is 2.18. The number of nitro groups is 1. The lowest BCUT2D eigenvalue weighted by Gasteiger charge is -2.33. The van der Waals surface area contributed by atoms with E-state index >= 15 is 0 Å². The van der Waals surface area contributed by atoms with Crippen LogP contribution in [0.15, 0.2) is 48.5 Å². The van der Waals surface area contributed by atoms with Crippen LogP contribution in [0.5, 0.6) is 0 Å². The summed E-state index contributed by atoms with van der Waals surface area (Å²) in [6.45, 7) is 3.61. The Balaban J connectivity index is 1.33. The molecule has 0 unspecified atom stereocenters. The number of carbonyl (C=O) groups is 2. The molecule has 1 saturated carbocycles. The van der Waals surface area contributed by atoms with Crippen LogP contribution in [0.1, 0.15) is 44.6 Å². The van der Waals surface area contributed by atoms with Gasteiger partial charge in [-0.05, 0) is 68.1 Å². The molecule has 2 amide bonds. The first-order valence-corrected chi connectivity index (χ1v) is 12.4. The molecule has 7 heteroatoms. The summed E-state index contributed by atoms with van der Waals surface area (Å²) in [6.07, 6.45) is 5.33. The van der Waals surface area contributed by atoms with Gasteiger partial charge in [0.15, 0.2) is 0 Å². The molecule has 3 aliphatic rings. The van der Waals surface area contributed by atoms with Crippen molar-refractivity contribution in [1.29, 1.82) is 0 Å². The number of amides is 2. The zero-order valence-electron chi connectivity index (χ0n) is 19.6. The number of hydrogen-bond acceptors (Lipinski definition) is 5. The molecule has 0 N–H and O–H groups in total. The molecule has 5 rings (SSSR count). The van der Waals surface area contributed by atoms with Crippen molar-refractivity contribution in [3.05, 3.63) is 64.2 Å². The van der Waals surface area contributed by atoms with E-state index < -0.39 is 4.92 Å². The molecule has 34 heavy (non-hydrogen) atoms. The Bertz CT molecular complexity index is 1090. The van der Waals surface area contributed by atoms with Gasteiger partial charge in [0.1, 0.15) is 5.69 Å². The first kappa shape index (κ1) is 22.6. The van der Waals surface area contributed by atoms with Crippen molar-refractivity contribution >= 4 is 28.9 Å². The molecular weight excluding hydrogens is 430 g/mol. The van der Waals surface area contributed by atoms with Gasteiger partial charge >= 0.3 is 0 Å². The maximum atomic E-state index is 13.1. The summed E-state index contributed by atoms with van der Waals surface area (Å²) in [4.78, 5) is 41.0. The van der Waals surface area contributed by atoms with Crippen molar-refractivity contribution in [3.63, 3.8) is 0 Å². The van der Waals surface area contributed by atoms with Gasteiger partial charge in [0.25, 0.3) is 5.69 Å². The number of nitrogens with zero attached hydrogens (tertiary/aromatic N) is 3. The van der Waals surface area contributed by atoms with Crippen LogP contribution < -0.4 is 9.80 Å². The molecule has 2 aromatic carbocycles. The highest BCUT2D eigenvalue weighted by atomic mass is 16.6. The number of anilines is 2. The molecule has 1 aliphatic carbocycles. The van der Waals surface area contributed by atoms with Crippen LogP contribution in [0, 0.1) is 33.8 Å². The first-order chi connectivity index (χ1) is 16.4. The number of fused-ring (bicyclic) bond motifs is 1. The predicted molar refractivity (Wildman–Crippen MR) is 131 cm³/mol. The van der Waals surface area contributed by atoms with Crippen molar-refractivity contribution in [2.45, 2.75) is 45.4 Å². The molecule has 0 bridgehead atoms. The second-order valence-electron chi connectivity index (χ2n) is 10.2. The van der Waals surface area contributed by atoms with Gasteiger partial charge in [0, 0.05) is 19.2 Å². The largest absolute Gasteiger partial charge is 0.366 e. The van der Waals surface area contributed by atoms with Gasteiger partial charge in [-0.2, -0.15) is 0 Å². The van der Waals surface area contributed by atoms with E-state index in [9.17, 15) is 19.7 Å². The van der Waals surface area contributed by atoms with E-state index in [-0.39, 0.29) is 29.3 Å². The minimum Gasteiger partial charge on any atom is -0.366 e. The van der Waals surface area contributed by atoms with Crippen molar-refractivity contribution in [2.75, 3.05) is 22.9 Å². The van der Waals surface area contributed by atoms with E-state index in [4.69, 9.17) is 0 Å². The number of carbonyl (C=O) groups excluding carboxylic acids is 2. The van der Waals surface area contributed by atoms with Gasteiger partial charge in [0.05, 0.1) is 22.4 Å². The van der Waals surface area contributed by atoms with E-state index in [2.05, 4.69) is 36.1 Å². The van der Waals surface area contributed by atoms with Gasteiger partial charge in [-0.15, -0.1) is 0 Å². The Morgan fingerprint density at radius 2 is 1.65 bits per heavy atom. The molecule has 2 saturated heterocycles. The first-order valence-electron chi connectivity index (χ1n) is 12.4. The standard InChI is InChI=1S/C27H31N3O4/c1-18-7-9-22-23(15-18)27(32)29(26(22)31)21-8-10-24(25(17-21)30(33)34)28-13-11-20(12-14-28)16-19-5-3-2-4-6-19/h2-6,8,10,17-18,20,22-23H,7,9,11-16H2,1H3/t18-,22-,23+/m1/s1. The number of hydrogen-bond donors (Lipinski definition) is 0. The van der Waals surface area contributed by atoms with E-state index in [1.54, 1.807) is 12.1 Å². The van der Waals surface area contributed by atoms with Crippen molar-refractivity contribution in [1.82, 2.24) is 0 Å². The van der Waals surface area contributed by atoms with Crippen LogP contribution in [-0.2, 0) is 16.0 Å². The quantitative estimate of drug-likeness (QED) is 0.356. The smallest absolute Gasteiger partial charge is 0.294 e. The fourth-order valence-corrected chi connectivity index (χ4v) is 6.03. The minimum atomic E-state index is -0.394. The van der Waals surface area contributed by atoms with E-state index in [1.165, 1.54) is 16.5 Å². The van der Waals surface area contributed by atoms with Crippen LogP contribution in [0.2, 0.25) is 0 Å². The monoisotopic (exact) mass is 461 g/mol. The lowest BCUT2D eigenvalue weighted by Crippen LogP contribution is -2.35. The molecule has 178 valence electrons. The van der Waals surface area contributed by atoms with Gasteiger partial charge in [-0.25, -0.2) is 4.90 Å². The van der Waals surface area contributed by atoms with Crippen LogP contribution in [0.3, 0.4) is 0 Å². The van der Waals surface area contributed by atoms with Crippen molar-refractivity contribution in [3.8, 4) is 0 Å². The third kappa shape index (κ3) is 4.19. The summed E-state index contributed by atoms with van der Waals surface area (Å²) < 4.78 is 0. The maximum absolute atomic E-state index is 13.1. The van der Waals surface area contributed by atoms with Crippen molar-refractivity contribution < 1.29 is 14.5 Å². The Morgan fingerprint density at radius 1 is 0.941 bits per heavy atom. The second-order valence-corrected chi connectivity index (χ2v) is 10.2. The summed E-state index contributed by atoms with van der Waals surface area (Å²) in [5, 5.41) is 12.0. The molecule has 0 aromatic heterocycles. The van der Waals surface area contributed by atoms with Gasteiger partial charge in [-0.1, -0.05) is 37.3 Å². The van der Waals surface area contributed by atoms with Gasteiger partial charge in [-0.3, -0.25) is 19.7 Å². The lowest BCUT2D eigenvalue weighted by atomic mass is 9.76. The average Bonchev–Trinajstić information content (AvgIpc) is 3.09. The van der Waals surface area contributed by atoms with Crippen LogP contribution in [-0.4, -0.2) is 29.8 Å². The SMILES string of the molecule is C[C@@H]1CC[C@H]2C(=O)N(c3ccc(N4CCC(Cc5ccccc5)CC4)c([N+](=O)[O-])c3)C(=O)[C@H]2C1. The van der Waals surface area contributed by atoms with E-state index in [0.29, 0.717) is 36.1 Å². The zero-order chi connectivity index (χ0) is 23.8. The van der Waals surface area contributed by atoms with Gasteiger partial charge < -0.3 is 4.90 Å². The predicted octanol–water partition coefficient (Wildman–Crippen LogP) is 4.98. The van der Waals surface area contributed by atoms with Crippen molar-refractivity contribution in [2.24, 2.45) is 23.7 Å².